The summed E-state index contributed by atoms with van der Waals surface area (Å²) in [7, 11) is 0. The molecule has 0 fully saturated rings. The molecule has 0 aliphatic heterocycles. The summed E-state index contributed by atoms with van der Waals surface area (Å²) in [5, 5.41) is 12.0. The minimum Gasteiger partial charge on any atom is -0.369 e. The molecule has 0 radical (unpaired) electrons. The molecule has 8 heteroatoms. The van der Waals surface area contributed by atoms with Crippen molar-refractivity contribution in [2.75, 3.05) is 0 Å². The van der Waals surface area contributed by atoms with Crippen molar-refractivity contribution >= 4 is 63.9 Å². The van der Waals surface area contributed by atoms with E-state index >= 15 is 0 Å². The van der Waals surface area contributed by atoms with Crippen LogP contribution in [0.1, 0.15) is 10.4 Å². The standard InChI is InChI=1S/C9H6Cl5NO2/c10-4-1-2-5(6(11)3-4)7(16)15-8(17)9(12,13)14/h1-3,8,17H,(H,15,16)/t8-/m1/s1. The van der Waals surface area contributed by atoms with Gasteiger partial charge in [-0.3, -0.25) is 4.79 Å². The van der Waals surface area contributed by atoms with Crippen molar-refractivity contribution in [3.63, 3.8) is 0 Å². The van der Waals surface area contributed by atoms with E-state index < -0.39 is 15.9 Å². The summed E-state index contributed by atoms with van der Waals surface area (Å²) in [6, 6.07) is 4.26. The third-order valence-corrected chi connectivity index (χ3v) is 2.92. The van der Waals surface area contributed by atoms with E-state index in [2.05, 4.69) is 5.32 Å². The van der Waals surface area contributed by atoms with Gasteiger partial charge < -0.3 is 10.4 Å². The first-order valence-electron chi connectivity index (χ1n) is 4.22. The number of aliphatic hydroxyl groups excluding tert-OH is 1. The molecule has 1 aromatic rings. The third-order valence-electron chi connectivity index (χ3n) is 1.75. The molecule has 0 spiro atoms. The van der Waals surface area contributed by atoms with Crippen molar-refractivity contribution in [1.82, 2.24) is 5.32 Å². The molecular weight excluding hydrogens is 331 g/mol. The van der Waals surface area contributed by atoms with Gasteiger partial charge in [-0.15, -0.1) is 0 Å². The van der Waals surface area contributed by atoms with E-state index in [1.165, 1.54) is 18.2 Å². The Kier molecular flexibility index (Phi) is 5.20. The number of alkyl halides is 3. The van der Waals surface area contributed by atoms with E-state index in [1.807, 2.05) is 0 Å². The van der Waals surface area contributed by atoms with Crippen LogP contribution < -0.4 is 5.32 Å². The van der Waals surface area contributed by atoms with E-state index in [1.54, 1.807) is 0 Å². The Morgan fingerprint density at radius 3 is 2.35 bits per heavy atom. The molecular formula is C9H6Cl5NO2. The first kappa shape index (κ1) is 15.2. The molecule has 0 unspecified atom stereocenters. The fourth-order valence-electron chi connectivity index (χ4n) is 0.957. The highest BCUT2D eigenvalue weighted by Gasteiger charge is 2.32. The summed E-state index contributed by atoms with van der Waals surface area (Å²) in [6.07, 6.45) is -1.65. The number of halogens is 5. The zero-order valence-electron chi connectivity index (χ0n) is 8.05. The number of amides is 1. The van der Waals surface area contributed by atoms with Gasteiger partial charge in [0.15, 0.2) is 6.23 Å². The molecule has 0 heterocycles. The average molecular weight is 337 g/mol. The van der Waals surface area contributed by atoms with Crippen LogP contribution in [0.3, 0.4) is 0 Å². The predicted octanol–water partition coefficient (Wildman–Crippen LogP) is 3.41. The molecule has 1 rings (SSSR count). The zero-order valence-corrected chi connectivity index (χ0v) is 11.8. The lowest BCUT2D eigenvalue weighted by atomic mass is 10.2. The first-order chi connectivity index (χ1) is 7.71. The zero-order chi connectivity index (χ0) is 13.2. The minimum absolute atomic E-state index is 0.115. The van der Waals surface area contributed by atoms with Crippen molar-refractivity contribution < 1.29 is 9.90 Å². The van der Waals surface area contributed by atoms with Gasteiger partial charge in [-0.05, 0) is 18.2 Å². The number of nitrogens with one attached hydrogen (secondary N) is 1. The van der Waals surface area contributed by atoms with Crippen LogP contribution in [0.5, 0.6) is 0 Å². The molecule has 0 aliphatic rings. The normalized spacial score (nSPS) is 13.3. The monoisotopic (exact) mass is 335 g/mol. The van der Waals surface area contributed by atoms with E-state index in [-0.39, 0.29) is 10.6 Å². The van der Waals surface area contributed by atoms with Gasteiger partial charge in [-0.1, -0.05) is 58.0 Å². The van der Waals surface area contributed by atoms with Crippen molar-refractivity contribution in [3.05, 3.63) is 33.8 Å². The maximum Gasteiger partial charge on any atom is 0.254 e. The molecule has 0 saturated carbocycles. The third kappa shape index (κ3) is 4.36. The molecule has 0 aliphatic carbocycles. The molecule has 0 aromatic heterocycles. The van der Waals surface area contributed by atoms with Gasteiger partial charge >= 0.3 is 0 Å². The summed E-state index contributed by atoms with van der Waals surface area (Å²) >= 11 is 27.6. The molecule has 94 valence electrons. The van der Waals surface area contributed by atoms with Gasteiger partial charge in [0.25, 0.3) is 5.91 Å². The quantitative estimate of drug-likeness (QED) is 0.642. The van der Waals surface area contributed by atoms with Crippen LogP contribution in [-0.4, -0.2) is 21.0 Å². The summed E-state index contributed by atoms with van der Waals surface area (Å²) in [4.78, 5) is 11.7. The van der Waals surface area contributed by atoms with Gasteiger partial charge in [0, 0.05) is 5.02 Å². The largest absolute Gasteiger partial charge is 0.369 e. The van der Waals surface area contributed by atoms with Crippen LogP contribution in [0, 0.1) is 0 Å². The maximum atomic E-state index is 11.7. The Bertz CT molecular complexity index is 432. The lowest BCUT2D eigenvalue weighted by Gasteiger charge is -2.20. The van der Waals surface area contributed by atoms with E-state index in [9.17, 15) is 9.90 Å². The fourth-order valence-corrected chi connectivity index (χ4v) is 1.62. The van der Waals surface area contributed by atoms with Crippen LogP contribution in [0.2, 0.25) is 10.0 Å². The SMILES string of the molecule is O=C(N[C@H](O)C(Cl)(Cl)Cl)c1ccc(Cl)cc1Cl. The number of hydrogen-bond acceptors (Lipinski definition) is 2. The average Bonchev–Trinajstić information content (AvgIpc) is 2.15. The minimum atomic E-state index is -2.02. The summed E-state index contributed by atoms with van der Waals surface area (Å²) in [6.45, 7) is 0. The molecule has 0 bridgehead atoms. The van der Waals surface area contributed by atoms with Crippen molar-refractivity contribution in [3.8, 4) is 0 Å². The summed E-state index contributed by atoms with van der Waals surface area (Å²) < 4.78 is -2.02. The predicted molar refractivity (Wildman–Crippen MR) is 70.2 cm³/mol. The van der Waals surface area contributed by atoms with Crippen LogP contribution in [0.15, 0.2) is 18.2 Å². The number of carbonyl (C=O) groups is 1. The molecule has 2 N–H and O–H groups in total. The molecule has 1 atom stereocenters. The summed E-state index contributed by atoms with van der Waals surface area (Å²) in [5.41, 5.74) is 0.115. The van der Waals surface area contributed by atoms with Gasteiger partial charge in [-0.25, -0.2) is 0 Å². The van der Waals surface area contributed by atoms with E-state index in [0.29, 0.717) is 5.02 Å². The highest BCUT2D eigenvalue weighted by Crippen LogP contribution is 2.29. The Hall–Kier alpha value is 0.1000. The van der Waals surface area contributed by atoms with Crippen LogP contribution >= 0.6 is 58.0 Å². The van der Waals surface area contributed by atoms with Crippen LogP contribution in [0.4, 0.5) is 0 Å². The molecule has 0 saturated heterocycles. The topological polar surface area (TPSA) is 49.3 Å². The number of rotatable bonds is 2. The molecule has 1 amide bonds. The smallest absolute Gasteiger partial charge is 0.254 e. The van der Waals surface area contributed by atoms with Gasteiger partial charge in [0.1, 0.15) is 0 Å². The highest BCUT2D eigenvalue weighted by atomic mass is 35.6. The molecule has 3 nitrogen and oxygen atoms in total. The second-order valence-electron chi connectivity index (χ2n) is 3.04. The maximum absolute atomic E-state index is 11.7. The second kappa shape index (κ2) is 5.83. The van der Waals surface area contributed by atoms with E-state index in [4.69, 9.17) is 58.0 Å². The van der Waals surface area contributed by atoms with E-state index in [0.717, 1.165) is 0 Å². The first-order valence-corrected chi connectivity index (χ1v) is 6.11. The summed E-state index contributed by atoms with van der Waals surface area (Å²) in [5.74, 6) is -0.675. The van der Waals surface area contributed by atoms with Crippen molar-refractivity contribution in [2.45, 2.75) is 10.0 Å². The van der Waals surface area contributed by atoms with Crippen molar-refractivity contribution in [2.24, 2.45) is 0 Å². The molecule has 17 heavy (non-hydrogen) atoms. The van der Waals surface area contributed by atoms with Gasteiger partial charge in [0.2, 0.25) is 3.79 Å². The van der Waals surface area contributed by atoms with Gasteiger partial charge in [0.05, 0.1) is 10.6 Å². The van der Waals surface area contributed by atoms with Crippen LogP contribution in [-0.2, 0) is 0 Å². The number of hydrogen-bond donors (Lipinski definition) is 2. The van der Waals surface area contributed by atoms with Crippen LogP contribution in [0.25, 0.3) is 0 Å². The second-order valence-corrected chi connectivity index (χ2v) is 6.25. The fraction of sp³-hybridized carbons (Fsp3) is 0.222. The Balaban J connectivity index is 2.84. The number of benzene rings is 1. The number of aliphatic hydroxyl groups is 1. The van der Waals surface area contributed by atoms with Gasteiger partial charge in [-0.2, -0.15) is 0 Å². The molecule has 1 aromatic carbocycles. The highest BCUT2D eigenvalue weighted by molar-refractivity contribution is 6.68. The van der Waals surface area contributed by atoms with Crippen molar-refractivity contribution in [1.29, 1.82) is 0 Å². The Morgan fingerprint density at radius 1 is 1.29 bits per heavy atom. The lowest BCUT2D eigenvalue weighted by Crippen LogP contribution is -2.43. The lowest BCUT2D eigenvalue weighted by molar-refractivity contribution is 0.0792. The number of carbonyl (C=O) groups excluding carboxylic acids is 1. The Morgan fingerprint density at radius 2 is 1.88 bits per heavy atom. The Labute approximate surface area is 123 Å².